The highest BCUT2D eigenvalue weighted by molar-refractivity contribution is 6.74. The van der Waals surface area contributed by atoms with Crippen molar-refractivity contribution in [3.05, 3.63) is 24.8 Å². The smallest absolute Gasteiger partial charge is 0.192 e. The summed E-state index contributed by atoms with van der Waals surface area (Å²) in [6.45, 7) is 29.2. The molecule has 4 heteroatoms. The van der Waals surface area contributed by atoms with E-state index >= 15 is 0 Å². The maximum Gasteiger partial charge on any atom is 0.192 e. The van der Waals surface area contributed by atoms with Crippen LogP contribution in [-0.2, 0) is 8.85 Å². The molecule has 0 fully saturated rings. The molecular formula is C23H48O2Si2. The summed E-state index contributed by atoms with van der Waals surface area (Å²) in [5.41, 5.74) is -0.117. The number of allylic oxidation sites excluding steroid dienone is 1. The summed E-state index contributed by atoms with van der Waals surface area (Å²) < 4.78 is 13.9. The molecule has 0 saturated heterocycles. The van der Waals surface area contributed by atoms with Gasteiger partial charge in [-0.2, -0.15) is 0 Å². The second-order valence-corrected chi connectivity index (χ2v) is 19.5. The van der Waals surface area contributed by atoms with Gasteiger partial charge in [-0.25, -0.2) is 0 Å². The van der Waals surface area contributed by atoms with Crippen LogP contribution in [0.25, 0.3) is 0 Å². The van der Waals surface area contributed by atoms with Crippen LogP contribution in [0.5, 0.6) is 0 Å². The van der Waals surface area contributed by atoms with Gasteiger partial charge in [0.1, 0.15) is 0 Å². The molecule has 2 atom stereocenters. The molecule has 0 aromatic rings. The summed E-state index contributed by atoms with van der Waals surface area (Å²) in [5, 5.41) is 0.187. The standard InChI is InChI=1S/C23H48O2Si2/c1-13-18-20(24-26(11,12)22(6,7)8)23(9,10)21(19-14-2)25-27(15-3,16-4)17-5/h13-14,18,20-21H,2,15-17,19H2,1,3-12H3/b18-13+/t20-,21-/m0/s1. The SMILES string of the molecule is C=CC[C@H](O[Si](CC)(CC)CC)C(C)(C)[C@H](/C=C/C)O[Si](C)(C)C(C)(C)C. The van der Waals surface area contributed by atoms with Gasteiger partial charge < -0.3 is 8.85 Å². The van der Waals surface area contributed by atoms with Crippen LogP contribution in [-0.4, -0.2) is 28.8 Å². The largest absolute Gasteiger partial charge is 0.413 e. The minimum Gasteiger partial charge on any atom is -0.413 e. The van der Waals surface area contributed by atoms with Gasteiger partial charge in [-0.15, -0.1) is 6.58 Å². The predicted octanol–water partition coefficient (Wildman–Crippen LogP) is 7.95. The third-order valence-electron chi connectivity index (χ3n) is 6.86. The van der Waals surface area contributed by atoms with Gasteiger partial charge in [-0.05, 0) is 49.6 Å². The van der Waals surface area contributed by atoms with E-state index in [9.17, 15) is 0 Å². The molecule has 0 saturated carbocycles. The fraction of sp³-hybridized carbons (Fsp3) is 0.826. The van der Waals surface area contributed by atoms with Crippen molar-refractivity contribution in [2.24, 2.45) is 5.41 Å². The Kier molecular flexibility index (Phi) is 10.5. The van der Waals surface area contributed by atoms with E-state index in [2.05, 4.69) is 94.1 Å². The molecule has 2 nitrogen and oxygen atoms in total. The van der Waals surface area contributed by atoms with Crippen LogP contribution in [0.2, 0.25) is 36.3 Å². The highest BCUT2D eigenvalue weighted by Gasteiger charge is 2.46. The Morgan fingerprint density at radius 2 is 1.41 bits per heavy atom. The third kappa shape index (κ3) is 6.99. The quantitative estimate of drug-likeness (QED) is 0.239. The Hall–Kier alpha value is -0.166. The lowest BCUT2D eigenvalue weighted by Crippen LogP contribution is -2.53. The molecule has 0 bridgehead atoms. The van der Waals surface area contributed by atoms with Crippen molar-refractivity contribution in [3.63, 3.8) is 0 Å². The maximum absolute atomic E-state index is 6.99. The van der Waals surface area contributed by atoms with Gasteiger partial charge in [0.2, 0.25) is 0 Å². The zero-order chi connectivity index (χ0) is 21.5. The monoisotopic (exact) mass is 412 g/mol. The highest BCUT2D eigenvalue weighted by Crippen LogP contribution is 2.43. The molecule has 0 rings (SSSR count). The molecule has 0 aromatic carbocycles. The van der Waals surface area contributed by atoms with E-state index in [1.165, 1.54) is 18.1 Å². The molecule has 0 aliphatic carbocycles. The second kappa shape index (κ2) is 10.6. The van der Waals surface area contributed by atoms with Crippen LogP contribution in [0, 0.1) is 5.41 Å². The van der Waals surface area contributed by atoms with Crippen molar-refractivity contribution in [2.45, 2.75) is 117 Å². The second-order valence-electron chi connectivity index (χ2n) is 10.0. The summed E-state index contributed by atoms with van der Waals surface area (Å²) >= 11 is 0. The Morgan fingerprint density at radius 3 is 1.74 bits per heavy atom. The molecule has 0 aromatic heterocycles. The highest BCUT2D eigenvalue weighted by atomic mass is 28.4. The fourth-order valence-corrected chi connectivity index (χ4v) is 7.62. The normalized spacial score (nSPS) is 16.6. The molecule has 0 aliphatic rings. The first-order valence-corrected chi connectivity index (χ1v) is 16.3. The van der Waals surface area contributed by atoms with Crippen molar-refractivity contribution in [2.75, 3.05) is 0 Å². The lowest BCUT2D eigenvalue weighted by molar-refractivity contribution is -0.00972. The molecule has 0 N–H and O–H groups in total. The van der Waals surface area contributed by atoms with Crippen molar-refractivity contribution < 1.29 is 8.85 Å². The van der Waals surface area contributed by atoms with E-state index in [0.717, 1.165) is 6.42 Å². The Morgan fingerprint density at radius 1 is 0.926 bits per heavy atom. The maximum atomic E-state index is 6.99. The molecule has 27 heavy (non-hydrogen) atoms. The van der Waals surface area contributed by atoms with Crippen molar-refractivity contribution in [3.8, 4) is 0 Å². The van der Waals surface area contributed by atoms with Crippen LogP contribution in [0.1, 0.15) is 68.7 Å². The minimum atomic E-state index is -1.89. The summed E-state index contributed by atoms with van der Waals surface area (Å²) in [5.74, 6) is 0. The van der Waals surface area contributed by atoms with E-state index < -0.39 is 16.6 Å². The van der Waals surface area contributed by atoms with Gasteiger partial charge in [-0.3, -0.25) is 0 Å². The molecule has 0 heterocycles. The van der Waals surface area contributed by atoms with Gasteiger partial charge in [0, 0.05) is 5.41 Å². The Balaban J connectivity index is 5.92. The van der Waals surface area contributed by atoms with Crippen LogP contribution < -0.4 is 0 Å². The van der Waals surface area contributed by atoms with Crippen LogP contribution in [0.15, 0.2) is 24.8 Å². The first-order valence-electron chi connectivity index (χ1n) is 10.9. The zero-order valence-corrected chi connectivity index (χ0v) is 22.2. The summed E-state index contributed by atoms with van der Waals surface area (Å²) in [7, 11) is -3.60. The molecule has 0 aliphatic heterocycles. The average Bonchev–Trinajstić information content (AvgIpc) is 2.57. The Bertz CT molecular complexity index is 463. The van der Waals surface area contributed by atoms with E-state index in [1.54, 1.807) is 0 Å². The lowest BCUT2D eigenvalue weighted by Gasteiger charge is -2.48. The third-order valence-corrected chi connectivity index (χ3v) is 16.0. The van der Waals surface area contributed by atoms with Crippen LogP contribution in [0.3, 0.4) is 0 Å². The van der Waals surface area contributed by atoms with E-state index in [0.29, 0.717) is 0 Å². The zero-order valence-electron chi connectivity index (χ0n) is 20.2. The number of hydrogen-bond acceptors (Lipinski definition) is 2. The van der Waals surface area contributed by atoms with Gasteiger partial charge in [0.25, 0.3) is 0 Å². The fourth-order valence-electron chi connectivity index (χ4n) is 3.25. The van der Waals surface area contributed by atoms with Gasteiger partial charge >= 0.3 is 0 Å². The summed E-state index contributed by atoms with van der Waals surface area (Å²) in [6, 6.07) is 3.50. The average molecular weight is 413 g/mol. The van der Waals surface area contributed by atoms with Gasteiger partial charge in [-0.1, -0.05) is 73.6 Å². The van der Waals surface area contributed by atoms with Gasteiger partial charge in [0.15, 0.2) is 16.6 Å². The summed E-state index contributed by atoms with van der Waals surface area (Å²) in [6.07, 6.45) is 7.45. The van der Waals surface area contributed by atoms with Crippen LogP contribution >= 0.6 is 0 Å². The van der Waals surface area contributed by atoms with E-state index in [-0.39, 0.29) is 22.7 Å². The molecule has 0 spiro atoms. The van der Waals surface area contributed by atoms with E-state index in [4.69, 9.17) is 8.85 Å². The molecule has 0 unspecified atom stereocenters. The topological polar surface area (TPSA) is 18.5 Å². The molecule has 0 radical (unpaired) electrons. The molecule has 0 amide bonds. The number of hydrogen-bond donors (Lipinski definition) is 0. The molecule has 160 valence electrons. The number of rotatable bonds is 12. The van der Waals surface area contributed by atoms with Crippen molar-refractivity contribution in [1.29, 1.82) is 0 Å². The van der Waals surface area contributed by atoms with Gasteiger partial charge in [0.05, 0.1) is 12.2 Å². The molecular weight excluding hydrogens is 364 g/mol. The first kappa shape index (κ1) is 26.8. The summed E-state index contributed by atoms with van der Waals surface area (Å²) in [4.78, 5) is 0. The predicted molar refractivity (Wildman–Crippen MR) is 128 cm³/mol. The van der Waals surface area contributed by atoms with Crippen molar-refractivity contribution in [1.82, 2.24) is 0 Å². The Labute approximate surface area is 173 Å². The van der Waals surface area contributed by atoms with E-state index in [1.807, 2.05) is 6.08 Å². The lowest BCUT2D eigenvalue weighted by atomic mass is 9.79. The van der Waals surface area contributed by atoms with Crippen LogP contribution in [0.4, 0.5) is 0 Å². The first-order chi connectivity index (χ1) is 12.3. The van der Waals surface area contributed by atoms with Crippen molar-refractivity contribution >= 4 is 16.6 Å². The minimum absolute atomic E-state index is 0.0469.